The highest BCUT2D eigenvalue weighted by Gasteiger charge is 2.29. The van der Waals surface area contributed by atoms with Crippen molar-refractivity contribution < 1.29 is 23.7 Å². The number of unbranched alkanes of at least 4 members (excludes halogenated alkanes) is 2. The van der Waals surface area contributed by atoms with E-state index in [2.05, 4.69) is 6.92 Å². The van der Waals surface area contributed by atoms with Crippen molar-refractivity contribution >= 4 is 0 Å². The summed E-state index contributed by atoms with van der Waals surface area (Å²) in [7, 11) is 7.10. The number of hydrogen-bond acceptors (Lipinski definition) is 5. The molecule has 0 bridgehead atoms. The molecule has 1 saturated heterocycles. The first-order valence-electron chi connectivity index (χ1n) is 9.39. The van der Waals surface area contributed by atoms with Crippen LogP contribution in [0.1, 0.15) is 58.3 Å². The first-order valence-corrected chi connectivity index (χ1v) is 9.39. The molecule has 1 aliphatic heterocycles. The number of ether oxygens (including phenoxy) is 5. The summed E-state index contributed by atoms with van der Waals surface area (Å²) in [6.45, 7) is 2.91. The summed E-state index contributed by atoms with van der Waals surface area (Å²) in [4.78, 5) is 0. The van der Waals surface area contributed by atoms with Gasteiger partial charge < -0.3 is 23.7 Å². The molecule has 1 aliphatic rings. The molecule has 0 radical (unpaired) electrons. The highest BCUT2D eigenvalue weighted by Crippen LogP contribution is 2.24. The first kappa shape index (κ1) is 21.8. The molecular formula is C19H38O5. The van der Waals surface area contributed by atoms with Gasteiger partial charge in [-0.3, -0.25) is 0 Å². The third kappa shape index (κ3) is 8.26. The van der Waals surface area contributed by atoms with Crippen LogP contribution >= 0.6 is 0 Å². The van der Waals surface area contributed by atoms with E-state index in [0.29, 0.717) is 6.61 Å². The predicted octanol–water partition coefficient (Wildman–Crippen LogP) is 3.59. The normalized spacial score (nSPS) is 24.9. The molecular weight excluding hydrogens is 308 g/mol. The zero-order valence-electron chi connectivity index (χ0n) is 16.3. The number of hydrogen-bond donors (Lipinski definition) is 0. The van der Waals surface area contributed by atoms with E-state index in [4.69, 9.17) is 23.7 Å². The van der Waals surface area contributed by atoms with Crippen LogP contribution in [-0.2, 0) is 23.7 Å². The van der Waals surface area contributed by atoms with Crippen LogP contribution in [0.2, 0.25) is 0 Å². The lowest BCUT2D eigenvalue weighted by molar-refractivity contribution is -0.0307. The summed E-state index contributed by atoms with van der Waals surface area (Å²) < 4.78 is 28.2. The second-order valence-corrected chi connectivity index (χ2v) is 6.82. The van der Waals surface area contributed by atoms with Gasteiger partial charge in [-0.25, -0.2) is 0 Å². The predicted molar refractivity (Wildman–Crippen MR) is 95.5 cm³/mol. The lowest BCUT2D eigenvalue weighted by Gasteiger charge is -2.26. The summed E-state index contributed by atoms with van der Waals surface area (Å²) in [6.07, 6.45) is 9.46. The van der Waals surface area contributed by atoms with E-state index in [1.807, 2.05) is 0 Å². The fraction of sp³-hybridized carbons (Fsp3) is 1.00. The van der Waals surface area contributed by atoms with Crippen molar-refractivity contribution in [1.82, 2.24) is 0 Å². The van der Waals surface area contributed by atoms with Crippen molar-refractivity contribution in [3.63, 3.8) is 0 Å². The monoisotopic (exact) mass is 346 g/mol. The van der Waals surface area contributed by atoms with Crippen molar-refractivity contribution in [1.29, 1.82) is 0 Å². The molecule has 0 amide bonds. The second kappa shape index (κ2) is 13.1. The largest absolute Gasteiger partial charge is 0.381 e. The Morgan fingerprint density at radius 3 is 2.12 bits per heavy atom. The van der Waals surface area contributed by atoms with Gasteiger partial charge in [0, 0.05) is 34.9 Å². The maximum Gasteiger partial charge on any atom is 0.0829 e. The van der Waals surface area contributed by atoms with Crippen molar-refractivity contribution in [3.8, 4) is 0 Å². The van der Waals surface area contributed by atoms with Crippen LogP contribution < -0.4 is 0 Å². The van der Waals surface area contributed by atoms with Crippen LogP contribution in [0.15, 0.2) is 0 Å². The summed E-state index contributed by atoms with van der Waals surface area (Å²) in [5.74, 6) is 0. The zero-order chi connectivity index (χ0) is 17.8. The maximum absolute atomic E-state index is 5.80. The first-order chi connectivity index (χ1) is 11.7. The molecule has 24 heavy (non-hydrogen) atoms. The van der Waals surface area contributed by atoms with Gasteiger partial charge in [-0.15, -0.1) is 0 Å². The van der Waals surface area contributed by atoms with Crippen molar-refractivity contribution in [2.45, 2.75) is 88.8 Å². The van der Waals surface area contributed by atoms with Crippen molar-refractivity contribution in [3.05, 3.63) is 0 Å². The Kier molecular flexibility index (Phi) is 11.9. The minimum Gasteiger partial charge on any atom is -0.381 e. The van der Waals surface area contributed by atoms with Gasteiger partial charge in [0.15, 0.2) is 0 Å². The van der Waals surface area contributed by atoms with Crippen LogP contribution in [0.4, 0.5) is 0 Å². The van der Waals surface area contributed by atoms with E-state index in [1.54, 1.807) is 28.4 Å². The quantitative estimate of drug-likeness (QED) is 0.450. The van der Waals surface area contributed by atoms with Crippen LogP contribution in [0.5, 0.6) is 0 Å². The molecule has 0 aromatic rings. The zero-order valence-corrected chi connectivity index (χ0v) is 16.3. The van der Waals surface area contributed by atoms with Crippen LogP contribution in [0.3, 0.4) is 0 Å². The van der Waals surface area contributed by atoms with E-state index in [0.717, 1.165) is 32.1 Å². The Hall–Kier alpha value is -0.200. The van der Waals surface area contributed by atoms with E-state index >= 15 is 0 Å². The Labute approximate surface area is 148 Å². The van der Waals surface area contributed by atoms with Crippen LogP contribution in [0, 0.1) is 0 Å². The topological polar surface area (TPSA) is 46.2 Å². The lowest BCUT2D eigenvalue weighted by atomic mass is 9.97. The van der Waals surface area contributed by atoms with Gasteiger partial charge in [0.25, 0.3) is 0 Å². The highest BCUT2D eigenvalue weighted by molar-refractivity contribution is 4.79. The van der Waals surface area contributed by atoms with Gasteiger partial charge in [0.2, 0.25) is 0 Å². The third-order valence-corrected chi connectivity index (χ3v) is 5.08. The summed E-state index contributed by atoms with van der Waals surface area (Å²) in [5.41, 5.74) is 0. The molecule has 0 aromatic carbocycles. The van der Waals surface area contributed by atoms with Crippen molar-refractivity contribution in [2.75, 3.05) is 35.0 Å². The number of methoxy groups -OCH3 is 4. The SMILES string of the molecule is CCCCC[C@H](C[C@H](C[C@H](C[C@@H]1C[C@@H](OC)CO1)OC)OC)OC. The fourth-order valence-corrected chi connectivity index (χ4v) is 3.41. The van der Waals surface area contributed by atoms with Gasteiger partial charge in [0.1, 0.15) is 0 Å². The maximum atomic E-state index is 5.80. The molecule has 1 rings (SSSR count). The molecule has 1 heterocycles. The molecule has 0 unspecified atom stereocenters. The molecule has 5 atom stereocenters. The van der Waals surface area contributed by atoms with E-state index in [9.17, 15) is 0 Å². The molecule has 0 saturated carbocycles. The summed E-state index contributed by atoms with van der Waals surface area (Å²) >= 11 is 0. The highest BCUT2D eigenvalue weighted by atomic mass is 16.5. The molecule has 144 valence electrons. The minimum atomic E-state index is 0.142. The van der Waals surface area contributed by atoms with Crippen LogP contribution in [0.25, 0.3) is 0 Å². The standard InChI is InChI=1S/C19H38O5/c1-6-7-8-9-15(20-2)10-16(21-3)11-17(22-4)12-18-13-19(23-5)14-24-18/h15-19H,6-14H2,1-5H3/t15-,16-,17-,18-,19-/m1/s1. The average molecular weight is 347 g/mol. The fourth-order valence-electron chi connectivity index (χ4n) is 3.41. The number of rotatable bonds is 14. The molecule has 0 aromatic heterocycles. The van der Waals surface area contributed by atoms with Gasteiger partial charge in [-0.2, -0.15) is 0 Å². The minimum absolute atomic E-state index is 0.142. The Morgan fingerprint density at radius 2 is 1.58 bits per heavy atom. The lowest BCUT2D eigenvalue weighted by Crippen LogP contribution is -2.29. The Balaban J connectivity index is 2.39. The van der Waals surface area contributed by atoms with Gasteiger partial charge in [-0.05, 0) is 25.7 Å². The molecule has 0 N–H and O–H groups in total. The average Bonchev–Trinajstić information content (AvgIpc) is 3.06. The molecule has 0 spiro atoms. The van der Waals surface area contributed by atoms with Gasteiger partial charge >= 0.3 is 0 Å². The Bertz CT molecular complexity index is 299. The van der Waals surface area contributed by atoms with E-state index < -0.39 is 0 Å². The van der Waals surface area contributed by atoms with Crippen molar-refractivity contribution in [2.24, 2.45) is 0 Å². The molecule has 5 heteroatoms. The summed E-state index contributed by atoms with van der Waals surface area (Å²) in [5, 5.41) is 0. The van der Waals surface area contributed by atoms with Gasteiger partial charge in [0.05, 0.1) is 37.1 Å². The Morgan fingerprint density at radius 1 is 0.917 bits per heavy atom. The molecule has 1 fully saturated rings. The molecule has 0 aliphatic carbocycles. The second-order valence-electron chi connectivity index (χ2n) is 6.82. The van der Waals surface area contributed by atoms with Crippen LogP contribution in [-0.4, -0.2) is 65.6 Å². The van der Waals surface area contributed by atoms with Gasteiger partial charge in [-0.1, -0.05) is 26.2 Å². The third-order valence-electron chi connectivity index (χ3n) is 5.08. The van der Waals surface area contributed by atoms with E-state index in [-0.39, 0.29) is 30.5 Å². The smallest absolute Gasteiger partial charge is 0.0829 e. The van der Waals surface area contributed by atoms with E-state index in [1.165, 1.54) is 19.3 Å². The summed E-state index contributed by atoms with van der Waals surface area (Å²) in [6, 6.07) is 0. The molecule has 5 nitrogen and oxygen atoms in total.